The minimum absolute atomic E-state index is 0.136. The summed E-state index contributed by atoms with van der Waals surface area (Å²) in [5.74, 6) is 0.882. The van der Waals surface area contributed by atoms with Crippen LogP contribution in [0.1, 0.15) is 0 Å². The van der Waals surface area contributed by atoms with Crippen molar-refractivity contribution in [3.63, 3.8) is 0 Å². The number of rotatable bonds is 5. The largest absolute Gasteiger partial charge is 0.462 e. The number of nitrogens with one attached hydrogen (secondary N) is 1. The average Bonchev–Trinajstić information content (AvgIpc) is 2.26. The van der Waals surface area contributed by atoms with Crippen molar-refractivity contribution in [2.75, 3.05) is 36.8 Å². The van der Waals surface area contributed by atoms with Gasteiger partial charge in [-0.1, -0.05) is 0 Å². The summed E-state index contributed by atoms with van der Waals surface area (Å²) in [6.45, 7) is 0.296. The molecule has 0 unspecified atom stereocenters. The Morgan fingerprint density at radius 3 is 2.75 bits per heavy atom. The lowest BCUT2D eigenvalue weighted by Crippen LogP contribution is -2.15. The van der Waals surface area contributed by atoms with E-state index in [0.29, 0.717) is 18.4 Å². The molecule has 1 rings (SSSR count). The predicted octanol–water partition coefficient (Wildman–Crippen LogP) is 0.448. The van der Waals surface area contributed by atoms with E-state index in [1.165, 1.54) is 0 Å². The molecule has 0 radical (unpaired) electrons. The highest BCUT2D eigenvalue weighted by molar-refractivity contribution is 6.17. The maximum atomic E-state index is 8.48. The lowest BCUT2D eigenvalue weighted by molar-refractivity contribution is 0.314. The van der Waals surface area contributed by atoms with Gasteiger partial charge in [0, 0.05) is 14.1 Å². The second kappa shape index (κ2) is 5.92. The van der Waals surface area contributed by atoms with Crippen LogP contribution in [0.5, 0.6) is 6.01 Å². The summed E-state index contributed by atoms with van der Waals surface area (Å²) < 4.78 is 5.16. The monoisotopic (exact) mass is 242 g/mol. The van der Waals surface area contributed by atoms with Crippen LogP contribution in [-0.4, -0.2) is 41.5 Å². The van der Waals surface area contributed by atoms with Crippen molar-refractivity contribution in [3.8, 4) is 12.2 Å². The van der Waals surface area contributed by atoms with Crippen molar-refractivity contribution >= 4 is 23.5 Å². The fourth-order valence-electron chi connectivity index (χ4n) is 0.846. The molecule has 1 aromatic heterocycles. The molecule has 0 amide bonds. The highest BCUT2D eigenvalue weighted by atomic mass is 35.5. The Labute approximate surface area is 98.0 Å². The summed E-state index contributed by atoms with van der Waals surface area (Å²) in [7, 11) is 3.55. The summed E-state index contributed by atoms with van der Waals surface area (Å²) in [6, 6.07) is 0.136. The minimum Gasteiger partial charge on any atom is -0.462 e. The lowest BCUT2D eigenvalue weighted by Gasteiger charge is -2.11. The zero-order valence-electron chi connectivity index (χ0n) is 8.94. The van der Waals surface area contributed by atoms with E-state index in [4.69, 9.17) is 21.6 Å². The zero-order valence-corrected chi connectivity index (χ0v) is 9.69. The summed E-state index contributed by atoms with van der Waals surface area (Å²) in [5, 5.41) is 10.8. The Kier molecular flexibility index (Phi) is 4.54. The standard InChI is InChI=1S/C8H11ClN6O/c1-15(2)7-12-6(11-5-10)13-8(14-7)16-4-3-9/h3-4H2,1-2H3,(H,11,12,13,14). The van der Waals surface area contributed by atoms with Gasteiger partial charge in [-0.05, 0) is 0 Å². The van der Waals surface area contributed by atoms with E-state index >= 15 is 0 Å². The number of aromatic nitrogens is 3. The summed E-state index contributed by atoms with van der Waals surface area (Å²) in [5.41, 5.74) is 0. The van der Waals surface area contributed by atoms with Crippen molar-refractivity contribution < 1.29 is 4.74 Å². The van der Waals surface area contributed by atoms with E-state index in [-0.39, 0.29) is 12.0 Å². The van der Waals surface area contributed by atoms with Gasteiger partial charge in [0.15, 0.2) is 6.19 Å². The first-order valence-corrected chi connectivity index (χ1v) is 4.98. The van der Waals surface area contributed by atoms with Crippen LogP contribution in [0.3, 0.4) is 0 Å². The van der Waals surface area contributed by atoms with Gasteiger partial charge in [0.1, 0.15) is 6.61 Å². The molecule has 1 N–H and O–H groups in total. The highest BCUT2D eigenvalue weighted by Crippen LogP contribution is 2.12. The number of alkyl halides is 1. The fourth-order valence-corrected chi connectivity index (χ4v) is 0.923. The van der Waals surface area contributed by atoms with Gasteiger partial charge in [-0.25, -0.2) is 0 Å². The smallest absolute Gasteiger partial charge is 0.323 e. The van der Waals surface area contributed by atoms with Crippen molar-refractivity contribution in [2.24, 2.45) is 0 Å². The normalized spacial score (nSPS) is 9.38. The number of hydrogen-bond donors (Lipinski definition) is 1. The van der Waals surface area contributed by atoms with Crippen molar-refractivity contribution in [3.05, 3.63) is 0 Å². The van der Waals surface area contributed by atoms with Gasteiger partial charge in [-0.15, -0.1) is 11.6 Å². The van der Waals surface area contributed by atoms with Crippen LogP contribution >= 0.6 is 11.6 Å². The first-order chi connectivity index (χ1) is 7.67. The molecule has 0 aliphatic rings. The van der Waals surface area contributed by atoms with Crippen molar-refractivity contribution in [1.29, 1.82) is 5.26 Å². The van der Waals surface area contributed by atoms with Crippen LogP contribution in [0.2, 0.25) is 0 Å². The van der Waals surface area contributed by atoms with Gasteiger partial charge in [-0.3, -0.25) is 5.32 Å². The third kappa shape index (κ3) is 3.40. The molecule has 0 bridgehead atoms. The lowest BCUT2D eigenvalue weighted by atomic mass is 10.7. The van der Waals surface area contributed by atoms with Crippen LogP contribution in [0.4, 0.5) is 11.9 Å². The summed E-state index contributed by atoms with van der Waals surface area (Å²) >= 11 is 5.48. The molecule has 86 valence electrons. The van der Waals surface area contributed by atoms with Crippen LogP contribution in [0, 0.1) is 11.5 Å². The van der Waals surface area contributed by atoms with Gasteiger partial charge >= 0.3 is 6.01 Å². The molecular weight excluding hydrogens is 232 g/mol. The molecule has 1 heterocycles. The SMILES string of the molecule is CN(C)c1nc(NC#N)nc(OCCCl)n1. The molecule has 0 aliphatic carbocycles. The number of ether oxygens (including phenoxy) is 1. The molecule has 1 aromatic rings. The van der Waals surface area contributed by atoms with E-state index in [1.54, 1.807) is 25.2 Å². The third-order valence-electron chi connectivity index (χ3n) is 1.48. The van der Waals surface area contributed by atoms with Gasteiger partial charge in [0.05, 0.1) is 5.88 Å². The van der Waals surface area contributed by atoms with E-state index in [9.17, 15) is 0 Å². The summed E-state index contributed by atoms with van der Waals surface area (Å²) in [6.07, 6.45) is 1.73. The average molecular weight is 243 g/mol. The Bertz CT molecular complexity index is 391. The second-order valence-electron chi connectivity index (χ2n) is 2.91. The molecule has 0 atom stereocenters. The van der Waals surface area contributed by atoms with Gasteiger partial charge in [0.2, 0.25) is 11.9 Å². The predicted molar refractivity (Wildman–Crippen MR) is 59.6 cm³/mol. The van der Waals surface area contributed by atoms with E-state index in [0.717, 1.165) is 0 Å². The molecule has 0 aromatic carbocycles. The molecule has 16 heavy (non-hydrogen) atoms. The third-order valence-corrected chi connectivity index (χ3v) is 1.63. The Morgan fingerprint density at radius 1 is 1.44 bits per heavy atom. The van der Waals surface area contributed by atoms with Crippen molar-refractivity contribution in [2.45, 2.75) is 0 Å². The van der Waals surface area contributed by atoms with Gasteiger partial charge < -0.3 is 9.64 Å². The number of nitriles is 1. The molecule has 0 spiro atoms. The molecule has 0 saturated heterocycles. The first kappa shape index (κ1) is 12.3. The fraction of sp³-hybridized carbons (Fsp3) is 0.500. The van der Waals surface area contributed by atoms with Crippen LogP contribution in [-0.2, 0) is 0 Å². The molecule has 7 nitrogen and oxygen atoms in total. The van der Waals surface area contributed by atoms with E-state index < -0.39 is 0 Å². The molecule has 8 heteroatoms. The Morgan fingerprint density at radius 2 is 2.19 bits per heavy atom. The van der Waals surface area contributed by atoms with Crippen molar-refractivity contribution in [1.82, 2.24) is 15.0 Å². The molecular formula is C8H11ClN6O. The minimum atomic E-state index is 0.136. The molecule has 0 saturated carbocycles. The number of halogens is 1. The number of hydrogen-bond acceptors (Lipinski definition) is 7. The number of nitrogens with zero attached hydrogens (tertiary/aromatic N) is 5. The van der Waals surface area contributed by atoms with E-state index in [1.807, 2.05) is 0 Å². The van der Waals surface area contributed by atoms with Crippen LogP contribution in [0.15, 0.2) is 0 Å². The maximum absolute atomic E-state index is 8.48. The topological polar surface area (TPSA) is 87.0 Å². The summed E-state index contributed by atoms with van der Waals surface area (Å²) in [4.78, 5) is 13.6. The van der Waals surface area contributed by atoms with Gasteiger partial charge in [0.25, 0.3) is 0 Å². The molecule has 0 fully saturated rings. The molecule has 0 aliphatic heterocycles. The van der Waals surface area contributed by atoms with Gasteiger partial charge in [-0.2, -0.15) is 20.2 Å². The van der Waals surface area contributed by atoms with Crippen LogP contribution < -0.4 is 15.0 Å². The zero-order chi connectivity index (χ0) is 12.0. The Balaban J connectivity index is 2.94. The Hall–Kier alpha value is -1.81. The highest BCUT2D eigenvalue weighted by Gasteiger charge is 2.08. The number of anilines is 2. The maximum Gasteiger partial charge on any atom is 0.323 e. The first-order valence-electron chi connectivity index (χ1n) is 4.44. The van der Waals surface area contributed by atoms with E-state index in [2.05, 4.69) is 20.3 Å². The quantitative estimate of drug-likeness (QED) is 0.456. The second-order valence-corrected chi connectivity index (χ2v) is 3.29. The van der Waals surface area contributed by atoms with Crippen LogP contribution in [0.25, 0.3) is 0 Å².